The molecule has 1 aromatic heterocycles. The number of aryl methyl sites for hydroxylation is 1. The Morgan fingerprint density at radius 1 is 1.22 bits per heavy atom. The van der Waals surface area contributed by atoms with Crippen molar-refractivity contribution in [3.63, 3.8) is 0 Å². The Morgan fingerprint density at radius 3 is 2.74 bits per heavy atom. The molecule has 0 saturated heterocycles. The molecule has 0 spiro atoms. The summed E-state index contributed by atoms with van der Waals surface area (Å²) in [6.07, 6.45) is 1.81. The zero-order valence-corrected chi connectivity index (χ0v) is 13.2. The quantitative estimate of drug-likeness (QED) is 0.755. The fourth-order valence-corrected chi connectivity index (χ4v) is 1.98. The van der Waals surface area contributed by atoms with Gasteiger partial charge >= 0.3 is 0 Å². The molecule has 0 aliphatic heterocycles. The maximum Gasteiger partial charge on any atom is 0.271 e. The van der Waals surface area contributed by atoms with Gasteiger partial charge in [-0.3, -0.25) is 9.59 Å². The second-order valence-corrected chi connectivity index (χ2v) is 5.05. The van der Waals surface area contributed by atoms with Crippen LogP contribution in [0.2, 0.25) is 0 Å². The minimum Gasteiger partial charge on any atom is -0.492 e. The van der Waals surface area contributed by atoms with E-state index in [0.717, 1.165) is 18.6 Å². The third kappa shape index (κ3) is 5.25. The number of para-hydroxylation sites is 1. The number of carbonyl (C=O) groups excluding carboxylic acids is 1. The van der Waals surface area contributed by atoms with Gasteiger partial charge in [0.05, 0.1) is 6.54 Å². The third-order valence-electron chi connectivity index (χ3n) is 3.22. The average Bonchev–Trinajstić information content (AvgIpc) is 2.58. The number of carbonyl (C=O) groups is 1. The number of amides is 1. The van der Waals surface area contributed by atoms with Crippen molar-refractivity contribution in [2.24, 2.45) is 0 Å². The Morgan fingerprint density at radius 2 is 2.00 bits per heavy atom. The Balaban J connectivity index is 1.84. The van der Waals surface area contributed by atoms with Crippen molar-refractivity contribution in [3.05, 3.63) is 58.5 Å². The first-order valence-electron chi connectivity index (χ1n) is 7.75. The summed E-state index contributed by atoms with van der Waals surface area (Å²) in [5.41, 5.74) is 0.0443. The van der Waals surface area contributed by atoms with Crippen molar-refractivity contribution in [2.45, 2.75) is 26.3 Å². The topological polar surface area (TPSA) is 73.2 Å². The highest BCUT2D eigenvalue weighted by molar-refractivity contribution is 5.91. The van der Waals surface area contributed by atoms with Crippen LogP contribution in [0.3, 0.4) is 0 Å². The van der Waals surface area contributed by atoms with Crippen LogP contribution in [0, 0.1) is 0 Å². The van der Waals surface area contributed by atoms with Crippen LogP contribution in [0.15, 0.2) is 47.3 Å². The zero-order valence-electron chi connectivity index (χ0n) is 13.2. The van der Waals surface area contributed by atoms with Gasteiger partial charge < -0.3 is 10.1 Å². The summed E-state index contributed by atoms with van der Waals surface area (Å²) in [6.45, 7) is 3.29. The van der Waals surface area contributed by atoms with Gasteiger partial charge in [-0.15, -0.1) is 0 Å². The molecule has 122 valence electrons. The van der Waals surface area contributed by atoms with Crippen molar-refractivity contribution < 1.29 is 9.53 Å². The lowest BCUT2D eigenvalue weighted by Crippen LogP contribution is -2.32. The van der Waals surface area contributed by atoms with Crippen LogP contribution in [0.25, 0.3) is 0 Å². The van der Waals surface area contributed by atoms with Gasteiger partial charge in [0.2, 0.25) is 0 Å². The molecular weight excluding hydrogens is 294 g/mol. The maximum absolute atomic E-state index is 12.0. The molecule has 0 aliphatic rings. The fourth-order valence-electron chi connectivity index (χ4n) is 1.98. The van der Waals surface area contributed by atoms with E-state index < -0.39 is 0 Å². The summed E-state index contributed by atoms with van der Waals surface area (Å²) in [5, 5.41) is 6.83. The summed E-state index contributed by atoms with van der Waals surface area (Å²) in [6, 6.07) is 12.2. The number of nitrogens with zero attached hydrogens (tertiary/aromatic N) is 2. The predicted molar refractivity (Wildman–Crippen MR) is 87.7 cm³/mol. The van der Waals surface area contributed by atoms with Gasteiger partial charge in [-0.1, -0.05) is 31.5 Å². The number of unbranched alkanes of at least 4 members (excludes halogenated alkanes) is 1. The van der Waals surface area contributed by atoms with Crippen molar-refractivity contribution in [2.75, 3.05) is 13.2 Å². The first-order chi connectivity index (χ1) is 11.2. The molecular formula is C17H21N3O3. The molecule has 2 rings (SSSR count). The van der Waals surface area contributed by atoms with Crippen LogP contribution < -0.4 is 15.6 Å². The standard InChI is InChI=1S/C17H21N3O3/c1-2-3-12-20-16(21)10-9-15(19-20)17(22)18-11-13-23-14-7-5-4-6-8-14/h4-10H,2-3,11-13H2,1H3,(H,18,22). The summed E-state index contributed by atoms with van der Waals surface area (Å²) in [7, 11) is 0. The number of ether oxygens (including phenoxy) is 1. The highest BCUT2D eigenvalue weighted by Crippen LogP contribution is 2.07. The molecule has 0 fully saturated rings. The summed E-state index contributed by atoms with van der Waals surface area (Å²) in [5.74, 6) is 0.444. The number of nitrogens with one attached hydrogen (secondary N) is 1. The number of aromatic nitrogens is 2. The highest BCUT2D eigenvalue weighted by atomic mass is 16.5. The monoisotopic (exact) mass is 315 g/mol. The minimum absolute atomic E-state index is 0.192. The van der Waals surface area contributed by atoms with Crippen molar-refractivity contribution in [1.82, 2.24) is 15.1 Å². The van der Waals surface area contributed by atoms with Gasteiger partial charge in [-0.2, -0.15) is 5.10 Å². The van der Waals surface area contributed by atoms with Crippen molar-refractivity contribution in [3.8, 4) is 5.75 Å². The van der Waals surface area contributed by atoms with Crippen LogP contribution in [0.5, 0.6) is 5.75 Å². The first kappa shape index (κ1) is 16.7. The molecule has 0 bridgehead atoms. The van der Waals surface area contributed by atoms with Gasteiger partial charge in [0.1, 0.15) is 18.1 Å². The Labute approximate surface area is 135 Å². The number of hydrogen-bond donors (Lipinski definition) is 1. The minimum atomic E-state index is -0.313. The molecule has 6 nitrogen and oxygen atoms in total. The van der Waals surface area contributed by atoms with Crippen LogP contribution in [0.1, 0.15) is 30.3 Å². The number of rotatable bonds is 8. The smallest absolute Gasteiger partial charge is 0.271 e. The lowest BCUT2D eigenvalue weighted by Gasteiger charge is -2.08. The zero-order chi connectivity index (χ0) is 16.5. The molecule has 0 saturated carbocycles. The summed E-state index contributed by atoms with van der Waals surface area (Å²) in [4.78, 5) is 23.7. The fraction of sp³-hybridized carbons (Fsp3) is 0.353. The molecule has 1 heterocycles. The average molecular weight is 315 g/mol. The lowest BCUT2D eigenvalue weighted by molar-refractivity contribution is 0.0939. The molecule has 0 aliphatic carbocycles. The van der Waals surface area contributed by atoms with E-state index in [1.54, 1.807) is 0 Å². The van der Waals surface area contributed by atoms with E-state index in [-0.39, 0.29) is 17.2 Å². The molecule has 2 aromatic rings. The van der Waals surface area contributed by atoms with Gasteiger partial charge in [0, 0.05) is 12.6 Å². The van der Waals surface area contributed by atoms with E-state index in [1.165, 1.54) is 16.8 Å². The highest BCUT2D eigenvalue weighted by Gasteiger charge is 2.09. The van der Waals surface area contributed by atoms with Gasteiger partial charge in [-0.05, 0) is 24.6 Å². The second-order valence-electron chi connectivity index (χ2n) is 5.05. The molecule has 6 heteroatoms. The normalized spacial score (nSPS) is 10.3. The third-order valence-corrected chi connectivity index (χ3v) is 3.22. The number of benzene rings is 1. The van der Waals surface area contributed by atoms with Crippen LogP contribution in [-0.2, 0) is 6.54 Å². The SMILES string of the molecule is CCCCn1nc(C(=O)NCCOc2ccccc2)ccc1=O. The van der Waals surface area contributed by atoms with Crippen LogP contribution in [-0.4, -0.2) is 28.8 Å². The molecule has 1 amide bonds. The second kappa shape index (κ2) is 8.73. The van der Waals surface area contributed by atoms with E-state index >= 15 is 0 Å². The van der Waals surface area contributed by atoms with Crippen LogP contribution >= 0.6 is 0 Å². The Hall–Kier alpha value is -2.63. The van der Waals surface area contributed by atoms with E-state index in [9.17, 15) is 9.59 Å². The molecule has 0 unspecified atom stereocenters. The van der Waals surface area contributed by atoms with E-state index in [1.807, 2.05) is 37.3 Å². The first-order valence-corrected chi connectivity index (χ1v) is 7.75. The predicted octanol–water partition coefficient (Wildman–Crippen LogP) is 1.85. The van der Waals surface area contributed by atoms with Crippen molar-refractivity contribution in [1.29, 1.82) is 0 Å². The molecule has 0 atom stereocenters. The summed E-state index contributed by atoms with van der Waals surface area (Å²) >= 11 is 0. The largest absolute Gasteiger partial charge is 0.492 e. The maximum atomic E-state index is 12.0. The van der Waals surface area contributed by atoms with Gasteiger partial charge in [0.15, 0.2) is 0 Å². The molecule has 1 N–H and O–H groups in total. The molecule has 0 radical (unpaired) electrons. The Kier molecular flexibility index (Phi) is 6.35. The van der Waals surface area contributed by atoms with Crippen LogP contribution in [0.4, 0.5) is 0 Å². The Bertz CT molecular complexity index is 683. The molecule has 23 heavy (non-hydrogen) atoms. The number of hydrogen-bond acceptors (Lipinski definition) is 4. The summed E-state index contributed by atoms with van der Waals surface area (Å²) < 4.78 is 6.83. The van der Waals surface area contributed by atoms with E-state index in [0.29, 0.717) is 19.7 Å². The van der Waals surface area contributed by atoms with E-state index in [4.69, 9.17) is 4.74 Å². The lowest BCUT2D eigenvalue weighted by atomic mass is 10.3. The van der Waals surface area contributed by atoms with Crippen molar-refractivity contribution >= 4 is 5.91 Å². The molecule has 1 aromatic carbocycles. The van der Waals surface area contributed by atoms with Gasteiger partial charge in [-0.25, -0.2) is 4.68 Å². The van der Waals surface area contributed by atoms with Gasteiger partial charge in [0.25, 0.3) is 11.5 Å². The van der Waals surface area contributed by atoms with E-state index in [2.05, 4.69) is 10.4 Å².